The van der Waals surface area contributed by atoms with Gasteiger partial charge in [-0.05, 0) is 37.0 Å². The van der Waals surface area contributed by atoms with Crippen LogP contribution in [0.5, 0.6) is 0 Å². The summed E-state index contributed by atoms with van der Waals surface area (Å²) in [5, 5.41) is 10.7. The zero-order chi connectivity index (χ0) is 18.7. The molecule has 0 bridgehead atoms. The van der Waals surface area contributed by atoms with E-state index in [2.05, 4.69) is 0 Å². The van der Waals surface area contributed by atoms with Crippen LogP contribution in [0.4, 0.5) is 5.69 Å². The van der Waals surface area contributed by atoms with E-state index in [1.807, 2.05) is 30.3 Å². The number of benzene rings is 2. The number of piperidine rings is 1. The summed E-state index contributed by atoms with van der Waals surface area (Å²) in [7, 11) is -3.75. The maximum absolute atomic E-state index is 13.1. The van der Waals surface area contributed by atoms with E-state index in [0.29, 0.717) is 25.8 Å². The molecule has 1 saturated heterocycles. The normalized spacial score (nSPS) is 21.4. The number of non-ortho nitro benzene ring substituents is 1. The molecule has 2 atom stereocenters. The predicted molar refractivity (Wildman–Crippen MR) is 99.8 cm³/mol. The molecular weight excluding hydrogens is 376 g/mol. The Morgan fingerprint density at radius 3 is 2.38 bits per heavy atom. The van der Waals surface area contributed by atoms with Crippen LogP contribution in [0.2, 0.25) is 0 Å². The van der Waals surface area contributed by atoms with E-state index in [-0.39, 0.29) is 22.0 Å². The molecule has 8 heteroatoms. The van der Waals surface area contributed by atoms with Crippen molar-refractivity contribution in [2.24, 2.45) is 0 Å². The van der Waals surface area contributed by atoms with Crippen molar-refractivity contribution < 1.29 is 13.3 Å². The number of halogens is 1. The lowest BCUT2D eigenvalue weighted by Crippen LogP contribution is -2.47. The zero-order valence-electron chi connectivity index (χ0n) is 14.0. The average molecular weight is 395 g/mol. The van der Waals surface area contributed by atoms with Gasteiger partial charge in [-0.1, -0.05) is 30.3 Å². The molecule has 1 aliphatic rings. The summed E-state index contributed by atoms with van der Waals surface area (Å²) < 4.78 is 27.7. The molecule has 1 aliphatic heterocycles. The number of nitro benzene ring substituents is 1. The quantitative estimate of drug-likeness (QED) is 0.441. The highest BCUT2D eigenvalue weighted by molar-refractivity contribution is 7.89. The van der Waals surface area contributed by atoms with Gasteiger partial charge in [0.2, 0.25) is 10.0 Å². The molecule has 1 heterocycles. The molecule has 0 spiro atoms. The minimum Gasteiger partial charge on any atom is -0.258 e. The first kappa shape index (κ1) is 18.8. The van der Waals surface area contributed by atoms with Crippen LogP contribution < -0.4 is 0 Å². The third-order valence-electron chi connectivity index (χ3n) is 4.57. The zero-order valence-corrected chi connectivity index (χ0v) is 15.6. The van der Waals surface area contributed by atoms with Gasteiger partial charge in [-0.2, -0.15) is 4.31 Å². The molecule has 2 aromatic carbocycles. The molecule has 26 heavy (non-hydrogen) atoms. The summed E-state index contributed by atoms with van der Waals surface area (Å²) >= 11 is 6.30. The van der Waals surface area contributed by atoms with Crippen LogP contribution in [0, 0.1) is 10.1 Å². The number of sulfonamides is 1. The molecule has 0 aliphatic carbocycles. The second kappa shape index (κ2) is 7.73. The van der Waals surface area contributed by atoms with Crippen molar-refractivity contribution in [2.75, 3.05) is 6.54 Å². The molecule has 0 radical (unpaired) electrons. The van der Waals surface area contributed by atoms with Crippen LogP contribution in [0.25, 0.3) is 0 Å². The molecule has 0 N–H and O–H groups in total. The van der Waals surface area contributed by atoms with Gasteiger partial charge in [-0.3, -0.25) is 10.1 Å². The Kier molecular flexibility index (Phi) is 5.60. The molecule has 2 aromatic rings. The van der Waals surface area contributed by atoms with Crippen molar-refractivity contribution in [3.63, 3.8) is 0 Å². The Morgan fingerprint density at radius 2 is 1.77 bits per heavy atom. The third-order valence-corrected chi connectivity index (χ3v) is 6.93. The fourth-order valence-electron chi connectivity index (χ4n) is 3.24. The maximum Gasteiger partial charge on any atom is 0.269 e. The van der Waals surface area contributed by atoms with Crippen molar-refractivity contribution in [1.82, 2.24) is 4.31 Å². The van der Waals surface area contributed by atoms with Gasteiger partial charge < -0.3 is 0 Å². The van der Waals surface area contributed by atoms with E-state index in [1.165, 1.54) is 28.6 Å². The molecule has 0 amide bonds. The van der Waals surface area contributed by atoms with Crippen LogP contribution in [0.15, 0.2) is 59.5 Å². The van der Waals surface area contributed by atoms with E-state index in [4.69, 9.17) is 11.6 Å². The first-order chi connectivity index (χ1) is 12.4. The number of nitrogens with zero attached hydrogens (tertiary/aromatic N) is 2. The monoisotopic (exact) mass is 394 g/mol. The van der Waals surface area contributed by atoms with Gasteiger partial charge in [0.15, 0.2) is 0 Å². The van der Waals surface area contributed by atoms with Crippen molar-refractivity contribution in [1.29, 1.82) is 0 Å². The first-order valence-corrected chi connectivity index (χ1v) is 10.2. The summed E-state index contributed by atoms with van der Waals surface area (Å²) in [6.07, 6.45) is 1.73. The second-order valence-corrected chi connectivity index (χ2v) is 8.84. The third kappa shape index (κ3) is 4.06. The molecule has 0 saturated carbocycles. The SMILES string of the molecule is O=[N+]([O-])c1ccc(S(=O)(=O)N2CC[C@H](Cl)C[C@H]2Cc2ccccc2)cc1. The molecule has 1 fully saturated rings. The van der Waals surface area contributed by atoms with E-state index in [0.717, 1.165) is 5.56 Å². The molecular formula is C18H19ClN2O4S. The number of nitro groups is 1. The number of rotatable bonds is 5. The lowest BCUT2D eigenvalue weighted by atomic mass is 9.97. The molecule has 3 rings (SSSR count). The Balaban J connectivity index is 1.88. The van der Waals surface area contributed by atoms with Gasteiger partial charge in [0.05, 0.1) is 9.82 Å². The standard InChI is InChI=1S/C18H19ClN2O4S/c19-15-10-11-20(17(13-15)12-14-4-2-1-3-5-14)26(24,25)18-8-6-16(7-9-18)21(22)23/h1-9,15,17H,10-13H2/t15-,17+/m0/s1. The molecule has 138 valence electrons. The fourth-order valence-corrected chi connectivity index (χ4v) is 5.20. The second-order valence-electron chi connectivity index (χ2n) is 6.33. The minimum absolute atomic E-state index is 0.0629. The van der Waals surface area contributed by atoms with Crippen LogP contribution in [-0.2, 0) is 16.4 Å². The number of hydrogen-bond acceptors (Lipinski definition) is 4. The summed E-state index contributed by atoms with van der Waals surface area (Å²) in [4.78, 5) is 10.3. The summed E-state index contributed by atoms with van der Waals surface area (Å²) in [6.45, 7) is 0.338. The first-order valence-electron chi connectivity index (χ1n) is 8.32. The highest BCUT2D eigenvalue weighted by Crippen LogP contribution is 2.30. The van der Waals surface area contributed by atoms with E-state index in [9.17, 15) is 18.5 Å². The van der Waals surface area contributed by atoms with Crippen LogP contribution in [0.3, 0.4) is 0 Å². The van der Waals surface area contributed by atoms with Crippen LogP contribution >= 0.6 is 11.6 Å². The lowest BCUT2D eigenvalue weighted by molar-refractivity contribution is -0.384. The van der Waals surface area contributed by atoms with Crippen LogP contribution in [-0.4, -0.2) is 35.6 Å². The van der Waals surface area contributed by atoms with Crippen molar-refractivity contribution >= 4 is 27.3 Å². The van der Waals surface area contributed by atoms with Crippen molar-refractivity contribution in [2.45, 2.75) is 35.6 Å². The lowest BCUT2D eigenvalue weighted by Gasteiger charge is -2.36. The Morgan fingerprint density at radius 1 is 1.12 bits per heavy atom. The minimum atomic E-state index is -3.75. The molecule has 0 unspecified atom stereocenters. The topological polar surface area (TPSA) is 80.5 Å². The molecule has 6 nitrogen and oxygen atoms in total. The fraction of sp³-hybridized carbons (Fsp3) is 0.333. The van der Waals surface area contributed by atoms with Gasteiger partial charge in [0.1, 0.15) is 0 Å². The van der Waals surface area contributed by atoms with E-state index >= 15 is 0 Å². The summed E-state index contributed by atoms with van der Waals surface area (Å²) in [5.74, 6) is 0. The van der Waals surface area contributed by atoms with Crippen molar-refractivity contribution in [3.05, 3.63) is 70.3 Å². The van der Waals surface area contributed by atoms with Gasteiger partial charge >= 0.3 is 0 Å². The largest absolute Gasteiger partial charge is 0.269 e. The van der Waals surface area contributed by atoms with Crippen molar-refractivity contribution in [3.8, 4) is 0 Å². The van der Waals surface area contributed by atoms with Gasteiger partial charge in [-0.15, -0.1) is 11.6 Å². The van der Waals surface area contributed by atoms with Crippen LogP contribution in [0.1, 0.15) is 18.4 Å². The predicted octanol–water partition coefficient (Wildman–Crippen LogP) is 3.60. The summed E-state index contributed by atoms with van der Waals surface area (Å²) in [5.41, 5.74) is 0.913. The van der Waals surface area contributed by atoms with Gasteiger partial charge in [-0.25, -0.2) is 8.42 Å². The highest BCUT2D eigenvalue weighted by atomic mass is 35.5. The number of alkyl halides is 1. The summed E-state index contributed by atoms with van der Waals surface area (Å²) in [6, 6.07) is 14.5. The Bertz CT molecular complexity index is 872. The maximum atomic E-state index is 13.1. The van der Waals surface area contributed by atoms with E-state index in [1.54, 1.807) is 0 Å². The highest BCUT2D eigenvalue weighted by Gasteiger charge is 2.36. The van der Waals surface area contributed by atoms with Gasteiger partial charge in [0, 0.05) is 30.1 Å². The average Bonchev–Trinajstić information content (AvgIpc) is 2.62. The van der Waals surface area contributed by atoms with E-state index < -0.39 is 14.9 Å². The Hall–Kier alpha value is -1.96. The number of hydrogen-bond donors (Lipinski definition) is 0. The smallest absolute Gasteiger partial charge is 0.258 e. The molecule has 0 aromatic heterocycles. The Labute approximate surface area is 157 Å². The van der Waals surface area contributed by atoms with Gasteiger partial charge in [0.25, 0.3) is 5.69 Å².